The van der Waals surface area contributed by atoms with Crippen LogP contribution in [0, 0.1) is 6.92 Å². The van der Waals surface area contributed by atoms with Crippen molar-refractivity contribution >= 4 is 11.3 Å². The maximum Gasteiger partial charge on any atom is 0.408 e. The Balaban J connectivity index is 1.91. The van der Waals surface area contributed by atoms with Gasteiger partial charge in [-0.25, -0.2) is 4.98 Å². The van der Waals surface area contributed by atoms with Crippen LogP contribution in [0.2, 0.25) is 0 Å². The summed E-state index contributed by atoms with van der Waals surface area (Å²) in [5, 5.41) is 6.31. The highest BCUT2D eigenvalue weighted by atomic mass is 32.1. The van der Waals surface area contributed by atoms with E-state index in [1.54, 1.807) is 25.4 Å². The molecule has 8 heteroatoms. The molecular formula is C14H11F3N4S. The molecule has 0 N–H and O–H groups in total. The summed E-state index contributed by atoms with van der Waals surface area (Å²) in [4.78, 5) is 8.49. The van der Waals surface area contributed by atoms with Crippen molar-refractivity contribution in [2.75, 3.05) is 0 Å². The number of hydrogen-bond donors (Lipinski definition) is 0. The molecule has 0 saturated heterocycles. The highest BCUT2D eigenvalue weighted by Gasteiger charge is 2.29. The van der Waals surface area contributed by atoms with Crippen molar-refractivity contribution in [3.63, 3.8) is 0 Å². The lowest BCUT2D eigenvalue weighted by molar-refractivity contribution is -0.142. The second kappa shape index (κ2) is 5.53. The molecule has 0 atom stereocenters. The molecule has 3 aromatic heterocycles. The van der Waals surface area contributed by atoms with E-state index in [-0.39, 0.29) is 0 Å². The minimum atomic E-state index is -4.29. The zero-order valence-corrected chi connectivity index (χ0v) is 12.3. The van der Waals surface area contributed by atoms with Crippen LogP contribution in [0.5, 0.6) is 0 Å². The van der Waals surface area contributed by atoms with Crippen LogP contribution < -0.4 is 0 Å². The highest BCUT2D eigenvalue weighted by Crippen LogP contribution is 2.31. The van der Waals surface area contributed by atoms with E-state index in [4.69, 9.17) is 0 Å². The number of halogens is 3. The number of pyridine rings is 1. The van der Waals surface area contributed by atoms with Crippen LogP contribution in [0.4, 0.5) is 13.2 Å². The van der Waals surface area contributed by atoms with Crippen LogP contribution in [-0.2, 0) is 6.54 Å². The van der Waals surface area contributed by atoms with Gasteiger partial charge in [0.1, 0.15) is 11.6 Å². The first kappa shape index (κ1) is 14.7. The first-order valence-corrected chi connectivity index (χ1v) is 7.27. The molecule has 114 valence electrons. The molecule has 3 heterocycles. The molecule has 0 aliphatic rings. The van der Waals surface area contributed by atoms with Gasteiger partial charge in [0, 0.05) is 29.0 Å². The Morgan fingerprint density at radius 2 is 2.09 bits per heavy atom. The summed E-state index contributed by atoms with van der Waals surface area (Å²) in [5.74, 6) is 0. The van der Waals surface area contributed by atoms with Gasteiger partial charge < -0.3 is 0 Å². The van der Waals surface area contributed by atoms with Crippen LogP contribution >= 0.6 is 11.3 Å². The molecule has 0 bridgehead atoms. The van der Waals surface area contributed by atoms with Crippen LogP contribution in [0.1, 0.15) is 5.69 Å². The summed E-state index contributed by atoms with van der Waals surface area (Å²) >= 11 is 1.37. The molecular weight excluding hydrogens is 313 g/mol. The largest absolute Gasteiger partial charge is 0.408 e. The smallest absolute Gasteiger partial charge is 0.264 e. The van der Waals surface area contributed by atoms with Gasteiger partial charge in [0.15, 0.2) is 0 Å². The lowest BCUT2D eigenvalue weighted by atomic mass is 10.2. The molecule has 0 aromatic carbocycles. The van der Waals surface area contributed by atoms with Crippen molar-refractivity contribution in [1.82, 2.24) is 19.7 Å². The van der Waals surface area contributed by atoms with Crippen molar-refractivity contribution < 1.29 is 13.2 Å². The summed E-state index contributed by atoms with van der Waals surface area (Å²) in [5.41, 5.74) is 2.68. The third-order valence-corrected chi connectivity index (χ3v) is 4.00. The fourth-order valence-corrected chi connectivity index (χ4v) is 2.92. The van der Waals surface area contributed by atoms with Gasteiger partial charge >= 0.3 is 6.18 Å². The van der Waals surface area contributed by atoms with Crippen molar-refractivity contribution in [2.45, 2.75) is 19.6 Å². The van der Waals surface area contributed by atoms with E-state index >= 15 is 0 Å². The number of nitrogens with zero attached hydrogens (tertiary/aromatic N) is 4. The molecule has 22 heavy (non-hydrogen) atoms. The van der Waals surface area contributed by atoms with Crippen LogP contribution in [0.15, 0.2) is 36.1 Å². The minimum Gasteiger partial charge on any atom is -0.264 e. The van der Waals surface area contributed by atoms with E-state index in [0.717, 1.165) is 15.9 Å². The lowest BCUT2D eigenvalue weighted by Gasteiger charge is -2.08. The van der Waals surface area contributed by atoms with E-state index in [0.29, 0.717) is 16.3 Å². The Morgan fingerprint density at radius 3 is 2.77 bits per heavy atom. The van der Waals surface area contributed by atoms with Gasteiger partial charge in [0.2, 0.25) is 0 Å². The predicted molar refractivity (Wildman–Crippen MR) is 77.4 cm³/mol. The molecule has 0 saturated carbocycles. The van der Waals surface area contributed by atoms with E-state index in [9.17, 15) is 13.2 Å². The summed E-state index contributed by atoms with van der Waals surface area (Å²) in [6.07, 6.45) is 0.492. The van der Waals surface area contributed by atoms with Crippen LogP contribution in [0.25, 0.3) is 21.8 Å². The Bertz CT molecular complexity index is 777. The second-order valence-electron chi connectivity index (χ2n) is 4.70. The molecule has 0 radical (unpaired) electrons. The zero-order valence-electron chi connectivity index (χ0n) is 11.5. The highest BCUT2D eigenvalue weighted by molar-refractivity contribution is 7.13. The number of alkyl halides is 3. The van der Waals surface area contributed by atoms with Gasteiger partial charge in [0.25, 0.3) is 0 Å². The monoisotopic (exact) mass is 324 g/mol. The minimum absolute atomic E-state index is 0.449. The molecule has 3 aromatic rings. The SMILES string of the molecule is Cc1c(-c2nc(-c3cccnc3)cs2)cnn1CC(F)(F)F. The van der Waals surface area contributed by atoms with Gasteiger partial charge in [-0.2, -0.15) is 18.3 Å². The molecule has 0 aliphatic heterocycles. The predicted octanol–water partition coefficient (Wildman–Crippen LogP) is 3.94. The second-order valence-corrected chi connectivity index (χ2v) is 5.55. The third-order valence-electron chi connectivity index (χ3n) is 3.12. The average Bonchev–Trinajstić information content (AvgIpc) is 3.07. The standard InChI is InChI=1S/C14H11F3N4S/c1-9-11(6-19-21(9)8-14(15,16)17)13-20-12(7-22-13)10-3-2-4-18-5-10/h2-7H,8H2,1H3. The Morgan fingerprint density at radius 1 is 1.27 bits per heavy atom. The first-order valence-electron chi connectivity index (χ1n) is 6.39. The van der Waals surface area contributed by atoms with E-state index in [1.165, 1.54) is 17.5 Å². The number of thiazole rings is 1. The Hall–Kier alpha value is -2.22. The van der Waals surface area contributed by atoms with Gasteiger partial charge in [-0.15, -0.1) is 11.3 Å². The molecule has 4 nitrogen and oxygen atoms in total. The zero-order chi connectivity index (χ0) is 15.7. The van der Waals surface area contributed by atoms with Gasteiger partial charge in [-0.1, -0.05) is 0 Å². The van der Waals surface area contributed by atoms with E-state index in [1.807, 2.05) is 11.4 Å². The lowest BCUT2D eigenvalue weighted by Crippen LogP contribution is -2.19. The normalized spacial score (nSPS) is 11.8. The van der Waals surface area contributed by atoms with Gasteiger partial charge in [-0.05, 0) is 19.1 Å². The van der Waals surface area contributed by atoms with Crippen LogP contribution in [-0.4, -0.2) is 25.9 Å². The van der Waals surface area contributed by atoms with Crippen molar-refractivity contribution in [3.8, 4) is 21.8 Å². The molecule has 0 aliphatic carbocycles. The third kappa shape index (κ3) is 3.01. The summed E-state index contributed by atoms with van der Waals surface area (Å²) in [6.45, 7) is 0.513. The number of aromatic nitrogens is 4. The Labute approximate surface area is 128 Å². The summed E-state index contributed by atoms with van der Waals surface area (Å²) in [7, 11) is 0. The van der Waals surface area contributed by atoms with Crippen molar-refractivity contribution in [2.24, 2.45) is 0 Å². The van der Waals surface area contributed by atoms with Crippen LogP contribution in [0.3, 0.4) is 0 Å². The number of hydrogen-bond acceptors (Lipinski definition) is 4. The maximum atomic E-state index is 12.5. The van der Waals surface area contributed by atoms with Gasteiger partial charge in [-0.3, -0.25) is 9.67 Å². The fraction of sp³-hybridized carbons (Fsp3) is 0.214. The summed E-state index contributed by atoms with van der Waals surface area (Å²) < 4.78 is 38.4. The molecule has 0 unspecified atom stereocenters. The number of rotatable bonds is 3. The molecule has 0 spiro atoms. The first-order chi connectivity index (χ1) is 10.4. The van der Waals surface area contributed by atoms with Gasteiger partial charge in [0.05, 0.1) is 17.5 Å². The topological polar surface area (TPSA) is 43.6 Å². The van der Waals surface area contributed by atoms with E-state index in [2.05, 4.69) is 15.1 Å². The fourth-order valence-electron chi connectivity index (χ4n) is 2.03. The molecule has 0 amide bonds. The maximum absolute atomic E-state index is 12.5. The summed E-state index contributed by atoms with van der Waals surface area (Å²) in [6, 6.07) is 3.69. The molecule has 3 rings (SSSR count). The van der Waals surface area contributed by atoms with Crippen molar-refractivity contribution in [3.05, 3.63) is 41.8 Å². The average molecular weight is 324 g/mol. The molecule has 0 fully saturated rings. The quantitative estimate of drug-likeness (QED) is 0.733. The van der Waals surface area contributed by atoms with E-state index < -0.39 is 12.7 Å². The Kier molecular flexibility index (Phi) is 3.69. The van der Waals surface area contributed by atoms with Crippen molar-refractivity contribution in [1.29, 1.82) is 0 Å².